The Hall–Kier alpha value is -3.94. The summed E-state index contributed by atoms with van der Waals surface area (Å²) in [4.78, 5) is 23.1. The van der Waals surface area contributed by atoms with Crippen LogP contribution in [0.5, 0.6) is 11.5 Å². The van der Waals surface area contributed by atoms with Gasteiger partial charge < -0.3 is 15.6 Å². The maximum atomic E-state index is 14.8. The van der Waals surface area contributed by atoms with E-state index in [1.165, 1.54) is 55.7 Å². The van der Waals surface area contributed by atoms with Crippen molar-refractivity contribution in [2.24, 2.45) is 10.7 Å². The van der Waals surface area contributed by atoms with Gasteiger partial charge in [0.05, 0.1) is 13.3 Å². The number of aliphatic imine (C=N–C) groups is 1. The van der Waals surface area contributed by atoms with Gasteiger partial charge in [0, 0.05) is 24.4 Å². The fourth-order valence-corrected chi connectivity index (χ4v) is 3.54. The second-order valence-electron chi connectivity index (χ2n) is 6.90. The second kappa shape index (κ2) is 7.14. The highest BCUT2D eigenvalue weighted by atomic mass is 19.1. The largest absolute Gasteiger partial charge is 0.508 e. The average molecular weight is 406 g/mol. The second-order valence-corrected chi connectivity index (χ2v) is 6.90. The number of halogens is 1. The maximum absolute atomic E-state index is 14.8. The van der Waals surface area contributed by atoms with E-state index < -0.39 is 11.4 Å². The van der Waals surface area contributed by atoms with E-state index in [-0.39, 0.29) is 23.2 Å². The molecular formula is C22H19FN4O3. The van der Waals surface area contributed by atoms with Crippen molar-refractivity contribution >= 4 is 11.9 Å². The predicted octanol–water partition coefficient (Wildman–Crippen LogP) is 2.63. The van der Waals surface area contributed by atoms with Gasteiger partial charge in [-0.3, -0.25) is 14.7 Å². The molecule has 0 fully saturated rings. The molecule has 152 valence electrons. The number of benzene rings is 2. The van der Waals surface area contributed by atoms with Gasteiger partial charge in [-0.2, -0.15) is 0 Å². The molecule has 7 nitrogen and oxygen atoms in total. The van der Waals surface area contributed by atoms with Gasteiger partial charge in [0.1, 0.15) is 17.3 Å². The summed E-state index contributed by atoms with van der Waals surface area (Å²) >= 11 is 0. The molecule has 30 heavy (non-hydrogen) atoms. The molecule has 8 heteroatoms. The van der Waals surface area contributed by atoms with Crippen LogP contribution in [-0.2, 0) is 10.3 Å². The van der Waals surface area contributed by atoms with Crippen LogP contribution in [0.15, 0.2) is 65.9 Å². The van der Waals surface area contributed by atoms with Crippen molar-refractivity contribution in [2.45, 2.75) is 5.54 Å². The standard InChI is InChI=1S/C22H19FN4O3/c1-27-20(29)22(26-21(27)24,14-3-6-16(28)7-4-14)15-5-8-19(23)18(10-15)13-9-17(30-2)12-25-11-13/h3-12,28H,1-2H3,(H2,24,26). The number of hydrogen-bond acceptors (Lipinski definition) is 6. The minimum atomic E-state index is -1.50. The van der Waals surface area contributed by atoms with Crippen molar-refractivity contribution in [3.63, 3.8) is 0 Å². The summed E-state index contributed by atoms with van der Waals surface area (Å²) in [5, 5.41) is 9.68. The van der Waals surface area contributed by atoms with Crippen LogP contribution in [0.3, 0.4) is 0 Å². The first-order chi connectivity index (χ1) is 14.4. The SMILES string of the molecule is COc1cncc(-c2cc(C3(c4ccc(O)cc4)N=C(N)N(C)C3=O)ccc2F)c1. The summed E-state index contributed by atoms with van der Waals surface area (Å²) in [5.41, 5.74) is 6.14. The zero-order chi connectivity index (χ0) is 21.5. The molecule has 3 N–H and O–H groups in total. The van der Waals surface area contributed by atoms with Crippen LogP contribution in [0.4, 0.5) is 4.39 Å². The number of nitrogens with two attached hydrogens (primary N) is 1. The van der Waals surface area contributed by atoms with Gasteiger partial charge in [-0.25, -0.2) is 9.38 Å². The van der Waals surface area contributed by atoms with Crippen LogP contribution in [-0.4, -0.2) is 41.0 Å². The van der Waals surface area contributed by atoms with Crippen LogP contribution < -0.4 is 10.5 Å². The molecule has 0 saturated carbocycles. The monoisotopic (exact) mass is 406 g/mol. The van der Waals surface area contributed by atoms with Gasteiger partial charge in [-0.1, -0.05) is 18.2 Å². The highest BCUT2D eigenvalue weighted by Gasteiger charge is 2.49. The molecule has 1 aliphatic rings. The first-order valence-electron chi connectivity index (χ1n) is 9.09. The van der Waals surface area contributed by atoms with Crippen molar-refractivity contribution in [3.8, 4) is 22.6 Å². The van der Waals surface area contributed by atoms with E-state index in [9.17, 15) is 14.3 Å². The molecule has 0 saturated heterocycles. The molecule has 0 radical (unpaired) electrons. The van der Waals surface area contributed by atoms with Crippen molar-refractivity contribution < 1.29 is 19.0 Å². The van der Waals surface area contributed by atoms with Crippen LogP contribution in [0.1, 0.15) is 11.1 Å². The topological polar surface area (TPSA) is 101 Å². The van der Waals surface area contributed by atoms with Crippen molar-refractivity contribution in [2.75, 3.05) is 14.2 Å². The number of methoxy groups -OCH3 is 1. The number of hydrogen-bond donors (Lipinski definition) is 2. The Balaban J connectivity index is 1.95. The summed E-state index contributed by atoms with van der Waals surface area (Å²) in [6.45, 7) is 0. The molecule has 2 aromatic carbocycles. The van der Waals surface area contributed by atoms with Gasteiger partial charge in [-0.05, 0) is 41.5 Å². The molecule has 3 aromatic rings. The quantitative estimate of drug-likeness (QED) is 0.694. The number of guanidine groups is 1. The van der Waals surface area contributed by atoms with E-state index in [1.54, 1.807) is 24.3 Å². The number of carbonyl (C=O) groups excluding carboxylic acids is 1. The van der Waals surface area contributed by atoms with Gasteiger partial charge in [0.15, 0.2) is 11.5 Å². The number of amides is 1. The molecular weight excluding hydrogens is 387 g/mol. The highest BCUT2D eigenvalue weighted by Crippen LogP contribution is 2.41. The number of pyridine rings is 1. The van der Waals surface area contributed by atoms with Gasteiger partial charge in [0.25, 0.3) is 5.91 Å². The lowest BCUT2D eigenvalue weighted by molar-refractivity contribution is -0.129. The smallest absolute Gasteiger partial charge is 0.266 e. The van der Waals surface area contributed by atoms with Crippen molar-refractivity contribution in [3.05, 3.63) is 77.9 Å². The number of aromatic hydroxyl groups is 1. The molecule has 1 aliphatic heterocycles. The fraction of sp³-hybridized carbons (Fsp3) is 0.136. The lowest BCUT2D eigenvalue weighted by atomic mass is 9.81. The number of carbonyl (C=O) groups is 1. The average Bonchev–Trinajstić information content (AvgIpc) is 2.99. The summed E-state index contributed by atoms with van der Waals surface area (Å²) in [6.07, 6.45) is 3.03. The van der Waals surface area contributed by atoms with Crippen molar-refractivity contribution in [1.29, 1.82) is 0 Å². The predicted molar refractivity (Wildman–Crippen MR) is 109 cm³/mol. The first kappa shape index (κ1) is 19.4. The minimum absolute atomic E-state index is 0.0435. The van der Waals surface area contributed by atoms with E-state index in [2.05, 4.69) is 9.98 Å². The molecule has 0 aliphatic carbocycles. The summed E-state index contributed by atoms with van der Waals surface area (Å²) < 4.78 is 19.9. The lowest BCUT2D eigenvalue weighted by Crippen LogP contribution is -2.41. The summed E-state index contributed by atoms with van der Waals surface area (Å²) in [6, 6.07) is 12.1. The third-order valence-corrected chi connectivity index (χ3v) is 5.17. The molecule has 1 atom stereocenters. The first-order valence-corrected chi connectivity index (χ1v) is 9.09. The Morgan fingerprint density at radius 2 is 1.80 bits per heavy atom. The van der Waals surface area contributed by atoms with E-state index in [1.807, 2.05) is 0 Å². The Morgan fingerprint density at radius 1 is 1.10 bits per heavy atom. The molecule has 0 bridgehead atoms. The third kappa shape index (κ3) is 2.93. The van der Waals surface area contributed by atoms with Crippen LogP contribution in [0, 0.1) is 5.82 Å². The molecule has 1 unspecified atom stereocenters. The van der Waals surface area contributed by atoms with Gasteiger partial charge in [0.2, 0.25) is 0 Å². The Kier molecular flexibility index (Phi) is 4.62. The highest BCUT2D eigenvalue weighted by molar-refractivity contribution is 6.09. The number of phenols is 1. The van der Waals surface area contributed by atoms with Crippen LogP contribution in [0.2, 0.25) is 0 Å². The third-order valence-electron chi connectivity index (χ3n) is 5.17. The molecule has 1 amide bonds. The maximum Gasteiger partial charge on any atom is 0.266 e. The number of nitrogens with zero attached hydrogens (tertiary/aromatic N) is 3. The van der Waals surface area contributed by atoms with Crippen LogP contribution >= 0.6 is 0 Å². The number of likely N-dealkylation sites (N-methyl/N-ethyl adjacent to an activating group) is 1. The van der Waals surface area contributed by atoms with E-state index in [0.29, 0.717) is 22.4 Å². The number of phenolic OH excluding ortho intramolecular Hbond substituents is 1. The Labute approximate surface area is 172 Å². The minimum Gasteiger partial charge on any atom is -0.508 e. The zero-order valence-electron chi connectivity index (χ0n) is 16.3. The number of rotatable bonds is 4. The van der Waals surface area contributed by atoms with Gasteiger partial charge >= 0.3 is 0 Å². The van der Waals surface area contributed by atoms with Gasteiger partial charge in [-0.15, -0.1) is 0 Å². The summed E-state index contributed by atoms with van der Waals surface area (Å²) in [5.74, 6) is -0.296. The summed E-state index contributed by atoms with van der Waals surface area (Å²) in [7, 11) is 3.03. The molecule has 2 heterocycles. The number of ether oxygens (including phenoxy) is 1. The van der Waals surface area contributed by atoms with Crippen LogP contribution in [0.25, 0.3) is 11.1 Å². The van der Waals surface area contributed by atoms with E-state index in [0.717, 1.165) is 0 Å². The molecule has 4 rings (SSSR count). The molecule has 1 aromatic heterocycles. The fourth-order valence-electron chi connectivity index (χ4n) is 3.54. The lowest BCUT2D eigenvalue weighted by Gasteiger charge is -2.26. The number of aromatic nitrogens is 1. The zero-order valence-corrected chi connectivity index (χ0v) is 16.3. The normalized spacial score (nSPS) is 18.4. The molecule has 0 spiro atoms. The Morgan fingerprint density at radius 3 is 2.43 bits per heavy atom. The van der Waals surface area contributed by atoms with Crippen molar-refractivity contribution in [1.82, 2.24) is 9.88 Å². The van der Waals surface area contributed by atoms with E-state index in [4.69, 9.17) is 10.5 Å². The Bertz CT molecular complexity index is 1160. The van der Waals surface area contributed by atoms with E-state index >= 15 is 0 Å².